The lowest BCUT2D eigenvalue weighted by molar-refractivity contribution is 0.112. The SMILES string of the molecule is O=Cc1cccc2c1CCCCCCN2. The summed E-state index contributed by atoms with van der Waals surface area (Å²) in [6, 6.07) is 5.94. The van der Waals surface area contributed by atoms with Crippen molar-refractivity contribution in [2.24, 2.45) is 0 Å². The topological polar surface area (TPSA) is 29.1 Å². The van der Waals surface area contributed by atoms with Crippen LogP contribution in [0.3, 0.4) is 0 Å². The van der Waals surface area contributed by atoms with Crippen LogP contribution in [0.25, 0.3) is 0 Å². The van der Waals surface area contributed by atoms with Gasteiger partial charge < -0.3 is 5.32 Å². The van der Waals surface area contributed by atoms with E-state index in [1.54, 1.807) is 0 Å². The average molecular weight is 203 g/mol. The minimum atomic E-state index is 0.849. The van der Waals surface area contributed by atoms with Crippen LogP contribution in [-0.2, 0) is 6.42 Å². The number of rotatable bonds is 1. The average Bonchev–Trinajstić information content (AvgIpc) is 2.39. The van der Waals surface area contributed by atoms with Crippen molar-refractivity contribution < 1.29 is 4.79 Å². The highest BCUT2D eigenvalue weighted by Gasteiger charge is 2.08. The van der Waals surface area contributed by atoms with Gasteiger partial charge in [-0.1, -0.05) is 25.0 Å². The molecule has 1 aliphatic rings. The summed E-state index contributed by atoms with van der Waals surface area (Å²) in [4.78, 5) is 10.9. The number of fused-ring (bicyclic) bond motifs is 1. The zero-order chi connectivity index (χ0) is 10.5. The van der Waals surface area contributed by atoms with Gasteiger partial charge in [0.15, 0.2) is 0 Å². The van der Waals surface area contributed by atoms with Gasteiger partial charge in [-0.2, -0.15) is 0 Å². The summed E-state index contributed by atoms with van der Waals surface area (Å²) in [6.07, 6.45) is 6.98. The van der Waals surface area contributed by atoms with Crippen molar-refractivity contribution in [2.75, 3.05) is 11.9 Å². The number of hydrogen-bond acceptors (Lipinski definition) is 2. The lowest BCUT2D eigenvalue weighted by Gasteiger charge is -2.11. The van der Waals surface area contributed by atoms with Gasteiger partial charge in [0.1, 0.15) is 6.29 Å². The van der Waals surface area contributed by atoms with Crippen LogP contribution in [0.5, 0.6) is 0 Å². The van der Waals surface area contributed by atoms with E-state index in [-0.39, 0.29) is 0 Å². The molecule has 80 valence electrons. The number of hydrogen-bond donors (Lipinski definition) is 1. The van der Waals surface area contributed by atoms with Crippen LogP contribution in [0, 0.1) is 0 Å². The van der Waals surface area contributed by atoms with E-state index >= 15 is 0 Å². The van der Waals surface area contributed by atoms with Crippen LogP contribution >= 0.6 is 0 Å². The fourth-order valence-electron chi connectivity index (χ4n) is 2.16. The third-order valence-corrected chi connectivity index (χ3v) is 3.01. The molecule has 2 nitrogen and oxygen atoms in total. The second-order valence-corrected chi connectivity index (χ2v) is 4.08. The highest BCUT2D eigenvalue weighted by Crippen LogP contribution is 2.23. The van der Waals surface area contributed by atoms with Crippen LogP contribution in [0.15, 0.2) is 18.2 Å². The Kier molecular flexibility index (Phi) is 3.38. The van der Waals surface area contributed by atoms with E-state index in [9.17, 15) is 4.79 Å². The maximum Gasteiger partial charge on any atom is 0.150 e. The molecule has 0 aromatic heterocycles. The molecule has 0 aliphatic carbocycles. The monoisotopic (exact) mass is 203 g/mol. The van der Waals surface area contributed by atoms with E-state index in [1.165, 1.54) is 31.2 Å². The van der Waals surface area contributed by atoms with E-state index in [1.807, 2.05) is 12.1 Å². The third kappa shape index (κ3) is 2.38. The Balaban J connectivity index is 2.32. The van der Waals surface area contributed by atoms with Crippen molar-refractivity contribution >= 4 is 12.0 Å². The zero-order valence-electron chi connectivity index (χ0n) is 8.96. The largest absolute Gasteiger partial charge is 0.385 e. The van der Waals surface area contributed by atoms with Gasteiger partial charge in [0.2, 0.25) is 0 Å². The number of nitrogens with one attached hydrogen (secondary N) is 1. The van der Waals surface area contributed by atoms with Gasteiger partial charge in [0.05, 0.1) is 0 Å². The molecule has 1 heterocycles. The molecule has 15 heavy (non-hydrogen) atoms. The van der Waals surface area contributed by atoms with E-state index in [4.69, 9.17) is 0 Å². The summed E-state index contributed by atoms with van der Waals surface area (Å²) in [5, 5.41) is 3.42. The molecule has 0 amide bonds. The van der Waals surface area contributed by atoms with Crippen LogP contribution < -0.4 is 5.32 Å². The highest BCUT2D eigenvalue weighted by molar-refractivity contribution is 5.80. The number of carbonyl (C=O) groups excluding carboxylic acids is 1. The first-order valence-corrected chi connectivity index (χ1v) is 5.73. The summed E-state index contributed by atoms with van der Waals surface area (Å²) in [7, 11) is 0. The molecule has 0 bridgehead atoms. The molecule has 0 saturated heterocycles. The van der Waals surface area contributed by atoms with Crippen LogP contribution in [-0.4, -0.2) is 12.8 Å². The Hall–Kier alpha value is -1.31. The summed E-state index contributed by atoms with van der Waals surface area (Å²) in [6.45, 7) is 1.02. The predicted molar refractivity (Wildman–Crippen MR) is 62.5 cm³/mol. The minimum Gasteiger partial charge on any atom is -0.385 e. The normalized spacial score (nSPS) is 16.5. The second-order valence-electron chi connectivity index (χ2n) is 4.08. The molecule has 0 radical (unpaired) electrons. The third-order valence-electron chi connectivity index (χ3n) is 3.01. The first kappa shape index (κ1) is 10.2. The van der Waals surface area contributed by atoms with Crippen LogP contribution in [0.2, 0.25) is 0 Å². The van der Waals surface area contributed by atoms with Gasteiger partial charge in [-0.3, -0.25) is 4.79 Å². The maximum absolute atomic E-state index is 10.9. The Morgan fingerprint density at radius 3 is 2.87 bits per heavy atom. The molecule has 1 aromatic rings. The van der Waals surface area contributed by atoms with Gasteiger partial charge in [-0.15, -0.1) is 0 Å². The van der Waals surface area contributed by atoms with Gasteiger partial charge >= 0.3 is 0 Å². The standard InChI is InChI=1S/C13H17NO/c15-10-11-6-5-8-13-12(11)7-3-1-2-4-9-14-13/h5-6,8,10,14H,1-4,7,9H2. The lowest BCUT2D eigenvalue weighted by Crippen LogP contribution is -2.04. The van der Waals surface area contributed by atoms with E-state index in [0.29, 0.717) is 0 Å². The zero-order valence-corrected chi connectivity index (χ0v) is 8.96. The number of anilines is 1. The summed E-state index contributed by atoms with van der Waals surface area (Å²) < 4.78 is 0. The number of carbonyl (C=O) groups is 1. The second kappa shape index (κ2) is 4.96. The Morgan fingerprint density at radius 2 is 2.00 bits per heavy atom. The molecular formula is C13H17NO. The highest BCUT2D eigenvalue weighted by atomic mass is 16.1. The summed E-state index contributed by atoms with van der Waals surface area (Å²) in [5.74, 6) is 0. The lowest BCUT2D eigenvalue weighted by atomic mass is 10.0. The number of aldehydes is 1. The quantitative estimate of drug-likeness (QED) is 0.711. The smallest absolute Gasteiger partial charge is 0.150 e. The van der Waals surface area contributed by atoms with Gasteiger partial charge in [0.25, 0.3) is 0 Å². The van der Waals surface area contributed by atoms with Crippen LogP contribution in [0.1, 0.15) is 41.6 Å². The molecule has 2 rings (SSSR count). The van der Waals surface area contributed by atoms with E-state index in [2.05, 4.69) is 11.4 Å². The van der Waals surface area contributed by atoms with E-state index < -0.39 is 0 Å². The van der Waals surface area contributed by atoms with Gasteiger partial charge in [0, 0.05) is 17.8 Å². The predicted octanol–water partition coefficient (Wildman–Crippen LogP) is 3.03. The summed E-state index contributed by atoms with van der Waals surface area (Å²) in [5.41, 5.74) is 3.21. The van der Waals surface area contributed by atoms with Crippen molar-refractivity contribution in [3.8, 4) is 0 Å². The molecule has 2 heteroatoms. The molecule has 1 N–H and O–H groups in total. The fourth-order valence-corrected chi connectivity index (χ4v) is 2.16. The Labute approximate surface area is 90.7 Å². The van der Waals surface area contributed by atoms with Gasteiger partial charge in [-0.05, 0) is 30.9 Å². The fraction of sp³-hybridized carbons (Fsp3) is 0.462. The van der Waals surface area contributed by atoms with Crippen LogP contribution in [0.4, 0.5) is 5.69 Å². The van der Waals surface area contributed by atoms with E-state index in [0.717, 1.165) is 30.5 Å². The first-order chi connectivity index (χ1) is 7.42. The van der Waals surface area contributed by atoms with Gasteiger partial charge in [-0.25, -0.2) is 0 Å². The molecule has 1 aliphatic heterocycles. The first-order valence-electron chi connectivity index (χ1n) is 5.73. The number of benzene rings is 1. The van der Waals surface area contributed by atoms with Crippen molar-refractivity contribution in [3.63, 3.8) is 0 Å². The molecule has 0 saturated carbocycles. The molecule has 0 spiro atoms. The molecular weight excluding hydrogens is 186 g/mol. The Bertz CT molecular complexity index is 346. The molecule has 0 fully saturated rings. The minimum absolute atomic E-state index is 0.849. The van der Waals surface area contributed by atoms with Crippen molar-refractivity contribution in [1.82, 2.24) is 0 Å². The van der Waals surface area contributed by atoms with Crippen molar-refractivity contribution in [3.05, 3.63) is 29.3 Å². The maximum atomic E-state index is 10.9. The molecule has 0 atom stereocenters. The molecule has 0 unspecified atom stereocenters. The van der Waals surface area contributed by atoms with Crippen molar-refractivity contribution in [2.45, 2.75) is 32.1 Å². The van der Waals surface area contributed by atoms with Crippen molar-refractivity contribution in [1.29, 1.82) is 0 Å². The summed E-state index contributed by atoms with van der Waals surface area (Å²) >= 11 is 0. The Morgan fingerprint density at radius 1 is 1.13 bits per heavy atom. The molecule has 1 aromatic carbocycles.